The number of aliphatic hydroxyl groups excluding tert-OH is 1. The number of carbonyl (C=O) groups is 1. The molecule has 0 saturated carbocycles. The number of nitrogens with zero attached hydrogens (tertiary/aromatic N) is 1. The Balaban J connectivity index is 2.61. The molecule has 0 fully saturated rings. The third-order valence-electron chi connectivity index (χ3n) is 3.37. The Kier molecular flexibility index (Phi) is 8.47. The highest BCUT2D eigenvalue weighted by Gasteiger charge is 2.15. The fraction of sp³-hybridized carbons (Fsp3) is 0.562. The summed E-state index contributed by atoms with van der Waals surface area (Å²) in [5, 5.41) is 9.16. The number of carbonyl (C=O) groups excluding carboxylic acids is 1. The summed E-state index contributed by atoms with van der Waals surface area (Å²) >= 11 is 0. The normalized spacial score (nSPS) is 10.4. The predicted molar refractivity (Wildman–Crippen MR) is 83.0 cm³/mol. The van der Waals surface area contributed by atoms with E-state index in [4.69, 9.17) is 15.6 Å². The first-order valence-corrected chi connectivity index (χ1v) is 7.43. The lowest BCUT2D eigenvalue weighted by Gasteiger charge is -2.23. The Morgan fingerprint density at radius 1 is 1.29 bits per heavy atom. The van der Waals surface area contributed by atoms with Crippen molar-refractivity contribution in [2.45, 2.75) is 32.2 Å². The molecule has 1 aromatic carbocycles. The minimum Gasteiger partial charge on any atom is -0.496 e. The molecule has 0 bridgehead atoms. The second-order valence-corrected chi connectivity index (χ2v) is 4.95. The molecule has 0 saturated heterocycles. The summed E-state index contributed by atoms with van der Waals surface area (Å²) < 4.78 is 5.30. The van der Waals surface area contributed by atoms with Crippen molar-refractivity contribution in [1.82, 2.24) is 4.90 Å². The molecule has 0 aliphatic heterocycles. The summed E-state index contributed by atoms with van der Waals surface area (Å²) in [5.74, 6) is 0.823. The molecular formula is C16H26N2O3. The molecule has 0 atom stereocenters. The SMILES string of the molecule is COc1ccccc1CN(CCO)C(=O)CCCCCN. The average molecular weight is 294 g/mol. The van der Waals surface area contributed by atoms with Crippen LogP contribution < -0.4 is 10.5 Å². The number of nitrogens with two attached hydrogens (primary N) is 1. The van der Waals surface area contributed by atoms with E-state index in [0.717, 1.165) is 30.6 Å². The van der Waals surface area contributed by atoms with Crippen molar-refractivity contribution in [3.63, 3.8) is 0 Å². The molecule has 3 N–H and O–H groups in total. The van der Waals surface area contributed by atoms with E-state index < -0.39 is 0 Å². The van der Waals surface area contributed by atoms with Gasteiger partial charge in [0, 0.05) is 25.1 Å². The number of unbranched alkanes of at least 4 members (excludes halogenated alkanes) is 2. The molecular weight excluding hydrogens is 268 g/mol. The van der Waals surface area contributed by atoms with Gasteiger partial charge in [0.1, 0.15) is 5.75 Å². The molecule has 1 rings (SSSR count). The summed E-state index contributed by atoms with van der Waals surface area (Å²) in [4.78, 5) is 13.9. The first-order chi connectivity index (χ1) is 10.2. The molecule has 0 unspecified atom stereocenters. The van der Waals surface area contributed by atoms with Crippen molar-refractivity contribution in [3.05, 3.63) is 29.8 Å². The lowest BCUT2D eigenvalue weighted by atomic mass is 10.1. The Bertz CT molecular complexity index is 424. The number of ether oxygens (including phenoxy) is 1. The summed E-state index contributed by atoms with van der Waals surface area (Å²) in [7, 11) is 1.61. The molecule has 0 aliphatic rings. The summed E-state index contributed by atoms with van der Waals surface area (Å²) in [5.41, 5.74) is 6.39. The molecule has 1 aromatic rings. The van der Waals surface area contributed by atoms with E-state index in [1.165, 1.54) is 0 Å². The Morgan fingerprint density at radius 3 is 2.71 bits per heavy atom. The Morgan fingerprint density at radius 2 is 2.05 bits per heavy atom. The third-order valence-corrected chi connectivity index (χ3v) is 3.37. The zero-order chi connectivity index (χ0) is 15.5. The maximum Gasteiger partial charge on any atom is 0.222 e. The van der Waals surface area contributed by atoms with Gasteiger partial charge in [-0.05, 0) is 25.5 Å². The number of methoxy groups -OCH3 is 1. The number of para-hydroxylation sites is 1. The highest BCUT2D eigenvalue weighted by atomic mass is 16.5. The monoisotopic (exact) mass is 294 g/mol. The third kappa shape index (κ3) is 6.14. The van der Waals surface area contributed by atoms with Gasteiger partial charge in [-0.1, -0.05) is 24.6 Å². The van der Waals surface area contributed by atoms with Gasteiger partial charge in [-0.15, -0.1) is 0 Å². The van der Waals surface area contributed by atoms with E-state index in [0.29, 0.717) is 26.1 Å². The second kappa shape index (κ2) is 10.2. The van der Waals surface area contributed by atoms with Gasteiger partial charge in [-0.3, -0.25) is 4.79 Å². The molecule has 0 radical (unpaired) electrons. The van der Waals surface area contributed by atoms with Crippen LogP contribution in [0, 0.1) is 0 Å². The smallest absolute Gasteiger partial charge is 0.222 e. The van der Waals surface area contributed by atoms with Crippen molar-refractivity contribution in [3.8, 4) is 5.75 Å². The largest absolute Gasteiger partial charge is 0.496 e. The number of amides is 1. The van der Waals surface area contributed by atoms with E-state index in [1.54, 1.807) is 12.0 Å². The van der Waals surface area contributed by atoms with Crippen molar-refractivity contribution in [1.29, 1.82) is 0 Å². The maximum atomic E-state index is 12.2. The van der Waals surface area contributed by atoms with Crippen LogP contribution in [0.4, 0.5) is 0 Å². The van der Waals surface area contributed by atoms with Crippen LogP contribution in [0.25, 0.3) is 0 Å². The van der Waals surface area contributed by atoms with Gasteiger partial charge in [0.2, 0.25) is 5.91 Å². The number of benzene rings is 1. The molecule has 118 valence electrons. The maximum absolute atomic E-state index is 12.2. The molecule has 0 aliphatic carbocycles. The van der Waals surface area contributed by atoms with Gasteiger partial charge in [0.15, 0.2) is 0 Å². The fourth-order valence-corrected chi connectivity index (χ4v) is 2.21. The standard InChI is InChI=1S/C16H26N2O3/c1-21-15-8-5-4-7-14(15)13-18(11-12-19)16(20)9-3-2-6-10-17/h4-5,7-8,19H,2-3,6,9-13,17H2,1H3. The first kappa shape index (κ1) is 17.5. The van der Waals surface area contributed by atoms with Gasteiger partial charge >= 0.3 is 0 Å². The van der Waals surface area contributed by atoms with Crippen LogP contribution in [-0.2, 0) is 11.3 Å². The molecule has 0 heterocycles. The topological polar surface area (TPSA) is 75.8 Å². The van der Waals surface area contributed by atoms with Crippen LogP contribution >= 0.6 is 0 Å². The summed E-state index contributed by atoms with van der Waals surface area (Å²) in [6.45, 7) is 1.42. The first-order valence-electron chi connectivity index (χ1n) is 7.43. The number of hydrogen-bond donors (Lipinski definition) is 2. The zero-order valence-corrected chi connectivity index (χ0v) is 12.8. The lowest BCUT2D eigenvalue weighted by Crippen LogP contribution is -2.33. The van der Waals surface area contributed by atoms with Crippen LogP contribution in [0.5, 0.6) is 5.75 Å². The van der Waals surface area contributed by atoms with Crippen molar-refractivity contribution >= 4 is 5.91 Å². The Hall–Kier alpha value is -1.59. The van der Waals surface area contributed by atoms with Crippen molar-refractivity contribution in [2.24, 2.45) is 5.73 Å². The average Bonchev–Trinajstić information content (AvgIpc) is 2.51. The predicted octanol–water partition coefficient (Wildman–Crippen LogP) is 1.54. The number of hydrogen-bond acceptors (Lipinski definition) is 4. The number of rotatable bonds is 10. The van der Waals surface area contributed by atoms with Crippen LogP contribution in [0.15, 0.2) is 24.3 Å². The van der Waals surface area contributed by atoms with Crippen LogP contribution in [0.2, 0.25) is 0 Å². The molecule has 21 heavy (non-hydrogen) atoms. The van der Waals surface area contributed by atoms with E-state index >= 15 is 0 Å². The van der Waals surface area contributed by atoms with Crippen LogP contribution in [-0.4, -0.2) is 42.7 Å². The lowest BCUT2D eigenvalue weighted by molar-refractivity contribution is -0.132. The molecule has 5 heteroatoms. The zero-order valence-electron chi connectivity index (χ0n) is 12.8. The van der Waals surface area contributed by atoms with Gasteiger partial charge in [0.25, 0.3) is 0 Å². The molecule has 1 amide bonds. The van der Waals surface area contributed by atoms with Gasteiger partial charge < -0.3 is 20.5 Å². The highest BCUT2D eigenvalue weighted by Crippen LogP contribution is 2.19. The van der Waals surface area contributed by atoms with Crippen LogP contribution in [0.1, 0.15) is 31.2 Å². The molecule has 5 nitrogen and oxygen atoms in total. The van der Waals surface area contributed by atoms with Gasteiger partial charge in [-0.25, -0.2) is 0 Å². The van der Waals surface area contributed by atoms with Crippen molar-refractivity contribution < 1.29 is 14.6 Å². The van der Waals surface area contributed by atoms with Crippen LogP contribution in [0.3, 0.4) is 0 Å². The van der Waals surface area contributed by atoms with Gasteiger partial charge in [0.05, 0.1) is 13.7 Å². The fourth-order valence-electron chi connectivity index (χ4n) is 2.21. The second-order valence-electron chi connectivity index (χ2n) is 4.95. The highest BCUT2D eigenvalue weighted by molar-refractivity contribution is 5.76. The van der Waals surface area contributed by atoms with Gasteiger partial charge in [-0.2, -0.15) is 0 Å². The minimum atomic E-state index is -0.0380. The van der Waals surface area contributed by atoms with Crippen molar-refractivity contribution in [2.75, 3.05) is 26.8 Å². The Labute approximate surface area is 126 Å². The summed E-state index contributed by atoms with van der Waals surface area (Å²) in [6, 6.07) is 7.62. The number of aliphatic hydroxyl groups is 1. The minimum absolute atomic E-state index is 0.0380. The summed E-state index contributed by atoms with van der Waals surface area (Å²) in [6.07, 6.45) is 3.24. The quantitative estimate of drug-likeness (QED) is 0.642. The van der Waals surface area contributed by atoms with E-state index in [1.807, 2.05) is 24.3 Å². The van der Waals surface area contributed by atoms with E-state index in [-0.39, 0.29) is 12.5 Å². The van der Waals surface area contributed by atoms with E-state index in [9.17, 15) is 4.79 Å². The molecule has 0 aromatic heterocycles. The molecule has 0 spiro atoms. The van der Waals surface area contributed by atoms with E-state index in [2.05, 4.69) is 0 Å².